The van der Waals surface area contributed by atoms with Crippen LogP contribution in [0.4, 0.5) is 0 Å². The largest absolute Gasteiger partial charge is 0.369 e. The van der Waals surface area contributed by atoms with Crippen LogP contribution in [0.5, 0.6) is 0 Å². The van der Waals surface area contributed by atoms with E-state index in [4.69, 9.17) is 5.73 Å². The number of nitrogens with two attached hydrogens (primary N) is 1. The van der Waals surface area contributed by atoms with Crippen LogP contribution >= 0.6 is 0 Å². The van der Waals surface area contributed by atoms with E-state index >= 15 is 0 Å². The second-order valence-corrected chi connectivity index (χ2v) is 8.19. The molecule has 3 aromatic rings. The molecular weight excluding hydrogens is 372 g/mol. The molecule has 1 fully saturated rings. The first kappa shape index (κ1) is 19.9. The number of carbonyl (C=O) groups excluding carboxylic acids is 2. The summed E-state index contributed by atoms with van der Waals surface area (Å²) in [6.07, 6.45) is 1.09. The minimum absolute atomic E-state index is 0.0503. The first-order chi connectivity index (χ1) is 14.5. The molecule has 0 aromatic heterocycles. The van der Waals surface area contributed by atoms with E-state index in [0.29, 0.717) is 31.5 Å². The van der Waals surface area contributed by atoms with Crippen LogP contribution in [-0.4, -0.2) is 29.8 Å². The zero-order valence-electron chi connectivity index (χ0n) is 17.2. The second-order valence-electron chi connectivity index (χ2n) is 8.19. The Morgan fingerprint density at radius 2 is 1.70 bits per heavy atom. The summed E-state index contributed by atoms with van der Waals surface area (Å²) in [5.74, 6) is -0.393. The minimum Gasteiger partial charge on any atom is -0.369 e. The lowest BCUT2D eigenvalue weighted by molar-refractivity contribution is -0.126. The van der Waals surface area contributed by atoms with Crippen molar-refractivity contribution in [2.24, 2.45) is 11.1 Å². The van der Waals surface area contributed by atoms with Gasteiger partial charge >= 0.3 is 0 Å². The number of carbonyl (C=O) groups is 2. The van der Waals surface area contributed by atoms with E-state index in [1.165, 1.54) is 5.56 Å². The van der Waals surface area contributed by atoms with Crippen LogP contribution in [-0.2, 0) is 11.2 Å². The first-order valence-electron chi connectivity index (χ1n) is 10.3. The summed E-state index contributed by atoms with van der Waals surface area (Å²) in [5, 5.41) is 0. The molecule has 0 radical (unpaired) electrons. The van der Waals surface area contributed by atoms with Gasteiger partial charge in [0.2, 0.25) is 5.91 Å². The maximum atomic E-state index is 12.9. The van der Waals surface area contributed by atoms with E-state index in [1.54, 1.807) is 17.0 Å². The Balaban J connectivity index is 1.63. The van der Waals surface area contributed by atoms with Gasteiger partial charge in [-0.3, -0.25) is 9.59 Å². The Kier molecular flexibility index (Phi) is 5.40. The van der Waals surface area contributed by atoms with Gasteiger partial charge < -0.3 is 10.6 Å². The Labute approximate surface area is 177 Å². The maximum Gasteiger partial charge on any atom is 0.253 e. The zero-order chi connectivity index (χ0) is 21.1. The summed E-state index contributed by atoms with van der Waals surface area (Å²) in [7, 11) is 0. The number of hydrogen-bond acceptors (Lipinski definition) is 2. The average molecular weight is 399 g/mol. The number of likely N-dealkylation sites (tertiary alicyclic amines) is 1. The molecule has 1 aliphatic rings. The van der Waals surface area contributed by atoms with Gasteiger partial charge in [-0.2, -0.15) is 0 Å². The van der Waals surface area contributed by atoms with Crippen LogP contribution < -0.4 is 5.73 Å². The van der Waals surface area contributed by atoms with Crippen LogP contribution in [0.25, 0.3) is 11.1 Å². The molecule has 1 heterocycles. The third-order valence-corrected chi connectivity index (χ3v) is 6.06. The van der Waals surface area contributed by atoms with Gasteiger partial charge in [-0.25, -0.2) is 0 Å². The van der Waals surface area contributed by atoms with Gasteiger partial charge in [0.25, 0.3) is 5.91 Å². The normalized spacial score (nSPS) is 18.4. The van der Waals surface area contributed by atoms with Gasteiger partial charge in [-0.05, 0) is 48.6 Å². The Hall–Kier alpha value is -3.40. The fourth-order valence-electron chi connectivity index (χ4n) is 4.37. The van der Waals surface area contributed by atoms with Crippen molar-refractivity contribution in [2.75, 3.05) is 13.1 Å². The van der Waals surface area contributed by atoms with Gasteiger partial charge in [0.1, 0.15) is 0 Å². The summed E-state index contributed by atoms with van der Waals surface area (Å²) in [6.45, 7) is 2.95. The molecule has 4 nitrogen and oxygen atoms in total. The highest BCUT2D eigenvalue weighted by atomic mass is 16.2. The predicted octanol–water partition coefficient (Wildman–Crippen LogP) is 4.22. The summed E-state index contributed by atoms with van der Waals surface area (Å²) in [4.78, 5) is 27.3. The predicted molar refractivity (Wildman–Crippen MR) is 119 cm³/mol. The number of nitrogens with zero attached hydrogens (tertiary/aromatic N) is 1. The molecule has 0 spiro atoms. The summed E-state index contributed by atoms with van der Waals surface area (Å²) in [6, 6.07) is 25.7. The highest BCUT2D eigenvalue weighted by Crippen LogP contribution is 2.37. The number of rotatable bonds is 5. The van der Waals surface area contributed by atoms with Crippen molar-refractivity contribution >= 4 is 11.8 Å². The smallest absolute Gasteiger partial charge is 0.253 e. The number of primary amides is 1. The molecule has 0 saturated carbocycles. The molecule has 0 unspecified atom stereocenters. The van der Waals surface area contributed by atoms with E-state index in [1.807, 2.05) is 36.4 Å². The lowest BCUT2D eigenvalue weighted by Gasteiger charge is -2.27. The van der Waals surface area contributed by atoms with Crippen molar-refractivity contribution in [3.05, 3.63) is 95.6 Å². The fourth-order valence-corrected chi connectivity index (χ4v) is 4.37. The average Bonchev–Trinajstić information content (AvgIpc) is 3.20. The van der Waals surface area contributed by atoms with Crippen molar-refractivity contribution < 1.29 is 9.59 Å². The lowest BCUT2D eigenvalue weighted by Crippen LogP contribution is -2.42. The quantitative estimate of drug-likeness (QED) is 0.699. The molecule has 0 bridgehead atoms. The lowest BCUT2D eigenvalue weighted by atomic mass is 9.78. The van der Waals surface area contributed by atoms with E-state index in [-0.39, 0.29) is 11.8 Å². The van der Waals surface area contributed by atoms with Crippen molar-refractivity contribution in [2.45, 2.75) is 19.8 Å². The van der Waals surface area contributed by atoms with Crippen LogP contribution in [0, 0.1) is 12.3 Å². The summed E-state index contributed by atoms with van der Waals surface area (Å²) in [5.41, 5.74) is 10.3. The highest BCUT2D eigenvalue weighted by molar-refractivity contribution is 5.95. The molecule has 4 rings (SSSR count). The van der Waals surface area contributed by atoms with Crippen molar-refractivity contribution in [1.82, 2.24) is 4.90 Å². The molecule has 30 heavy (non-hydrogen) atoms. The Morgan fingerprint density at radius 1 is 0.967 bits per heavy atom. The second kappa shape index (κ2) is 8.15. The van der Waals surface area contributed by atoms with E-state index in [2.05, 4.69) is 37.3 Å². The molecule has 0 aliphatic carbocycles. The number of benzene rings is 3. The topological polar surface area (TPSA) is 63.4 Å². The molecule has 4 heteroatoms. The molecule has 1 saturated heterocycles. The summed E-state index contributed by atoms with van der Waals surface area (Å²) < 4.78 is 0. The number of aryl methyl sites for hydroxylation is 1. The minimum atomic E-state index is -0.760. The molecular formula is C26H26N2O2. The third-order valence-electron chi connectivity index (χ3n) is 6.06. The Bertz CT molecular complexity index is 1080. The molecule has 2 amide bonds. The van der Waals surface area contributed by atoms with Crippen LogP contribution in [0.2, 0.25) is 0 Å². The molecule has 2 N–H and O–H groups in total. The molecule has 3 aromatic carbocycles. The van der Waals surface area contributed by atoms with Gasteiger partial charge in [0, 0.05) is 18.7 Å². The third kappa shape index (κ3) is 3.86. The number of hydrogen-bond donors (Lipinski definition) is 1. The first-order valence-corrected chi connectivity index (χ1v) is 10.3. The van der Waals surface area contributed by atoms with Crippen molar-refractivity contribution in [1.29, 1.82) is 0 Å². The molecule has 1 aliphatic heterocycles. The maximum absolute atomic E-state index is 12.9. The van der Waals surface area contributed by atoms with Gasteiger partial charge in [0.15, 0.2) is 0 Å². The zero-order valence-corrected chi connectivity index (χ0v) is 17.2. The van der Waals surface area contributed by atoms with E-state index < -0.39 is 5.41 Å². The Morgan fingerprint density at radius 3 is 2.43 bits per heavy atom. The van der Waals surface area contributed by atoms with Gasteiger partial charge in [-0.15, -0.1) is 0 Å². The van der Waals surface area contributed by atoms with Gasteiger partial charge in [0.05, 0.1) is 5.41 Å². The highest BCUT2D eigenvalue weighted by Gasteiger charge is 2.45. The van der Waals surface area contributed by atoms with Crippen LogP contribution in [0.3, 0.4) is 0 Å². The van der Waals surface area contributed by atoms with E-state index in [0.717, 1.165) is 16.7 Å². The van der Waals surface area contributed by atoms with Gasteiger partial charge in [-0.1, -0.05) is 72.3 Å². The van der Waals surface area contributed by atoms with E-state index in [9.17, 15) is 9.59 Å². The standard InChI is InChI=1S/C26H26N2O2/c1-19-8-7-12-21(16-19)23-13-6-5-11-22(23)17-26(25(27)30)14-15-28(18-26)24(29)20-9-3-2-4-10-20/h2-13,16H,14-15,17-18H2,1H3,(H2,27,30)/t26-/m0/s1. The number of amides is 2. The molecule has 1 atom stereocenters. The fraction of sp³-hybridized carbons (Fsp3) is 0.231. The van der Waals surface area contributed by atoms with Crippen LogP contribution in [0.15, 0.2) is 78.9 Å². The molecule has 152 valence electrons. The van der Waals surface area contributed by atoms with Crippen molar-refractivity contribution in [3.8, 4) is 11.1 Å². The van der Waals surface area contributed by atoms with Crippen molar-refractivity contribution in [3.63, 3.8) is 0 Å². The van der Waals surface area contributed by atoms with Crippen LogP contribution in [0.1, 0.15) is 27.9 Å². The summed E-state index contributed by atoms with van der Waals surface area (Å²) >= 11 is 0. The monoisotopic (exact) mass is 398 g/mol. The SMILES string of the molecule is Cc1cccc(-c2ccccc2C[C@@]2(C(N)=O)CCN(C(=O)c3ccccc3)C2)c1.